The quantitative estimate of drug-likeness (QED) is 0.697. The SMILES string of the molecule is Cc1nc(N)c2cc(F)c(F)cc2n1. The Morgan fingerprint density at radius 2 is 1.79 bits per heavy atom. The van der Waals surface area contributed by atoms with Crippen LogP contribution in [0.4, 0.5) is 14.6 Å². The zero-order valence-corrected chi connectivity index (χ0v) is 7.38. The highest BCUT2D eigenvalue weighted by molar-refractivity contribution is 5.87. The minimum Gasteiger partial charge on any atom is -0.383 e. The molecule has 0 aliphatic heterocycles. The number of hydrogen-bond acceptors (Lipinski definition) is 3. The molecule has 5 heteroatoms. The van der Waals surface area contributed by atoms with E-state index < -0.39 is 11.6 Å². The molecule has 0 fully saturated rings. The van der Waals surface area contributed by atoms with Crippen molar-refractivity contribution < 1.29 is 8.78 Å². The van der Waals surface area contributed by atoms with Crippen LogP contribution in [0.25, 0.3) is 10.9 Å². The van der Waals surface area contributed by atoms with Gasteiger partial charge in [0.25, 0.3) is 0 Å². The third kappa shape index (κ3) is 1.26. The van der Waals surface area contributed by atoms with E-state index >= 15 is 0 Å². The smallest absolute Gasteiger partial charge is 0.161 e. The standard InChI is InChI=1S/C9H7F2N3/c1-4-13-8-3-7(11)6(10)2-5(8)9(12)14-4/h2-3H,1H3,(H2,12,13,14). The Labute approximate surface area is 78.6 Å². The van der Waals surface area contributed by atoms with E-state index in [1.807, 2.05) is 0 Å². The fourth-order valence-electron chi connectivity index (χ4n) is 1.27. The molecule has 0 saturated carbocycles. The molecule has 72 valence electrons. The van der Waals surface area contributed by atoms with E-state index in [9.17, 15) is 8.78 Å². The lowest BCUT2D eigenvalue weighted by molar-refractivity contribution is 0.510. The highest BCUT2D eigenvalue weighted by Crippen LogP contribution is 2.20. The Bertz CT molecular complexity index is 511. The van der Waals surface area contributed by atoms with Gasteiger partial charge in [-0.25, -0.2) is 18.7 Å². The van der Waals surface area contributed by atoms with Gasteiger partial charge in [0.05, 0.1) is 5.52 Å². The fourth-order valence-corrected chi connectivity index (χ4v) is 1.27. The van der Waals surface area contributed by atoms with E-state index in [4.69, 9.17) is 5.73 Å². The molecule has 1 aromatic heterocycles. The minimum atomic E-state index is -0.948. The maximum Gasteiger partial charge on any atom is 0.161 e. The fraction of sp³-hybridized carbons (Fsp3) is 0.111. The molecule has 0 spiro atoms. The molecule has 2 aromatic rings. The number of hydrogen-bond donors (Lipinski definition) is 1. The van der Waals surface area contributed by atoms with Crippen molar-refractivity contribution in [1.29, 1.82) is 0 Å². The summed E-state index contributed by atoms with van der Waals surface area (Å²) in [6, 6.07) is 2.01. The summed E-state index contributed by atoms with van der Waals surface area (Å²) in [4.78, 5) is 7.79. The first kappa shape index (κ1) is 8.80. The third-order valence-electron chi connectivity index (χ3n) is 1.88. The third-order valence-corrected chi connectivity index (χ3v) is 1.88. The van der Waals surface area contributed by atoms with Crippen molar-refractivity contribution >= 4 is 16.7 Å². The largest absolute Gasteiger partial charge is 0.383 e. The van der Waals surface area contributed by atoms with Crippen LogP contribution in [-0.4, -0.2) is 9.97 Å². The van der Waals surface area contributed by atoms with Crippen LogP contribution in [0.5, 0.6) is 0 Å². The number of halogens is 2. The zero-order valence-electron chi connectivity index (χ0n) is 7.38. The van der Waals surface area contributed by atoms with Crippen molar-refractivity contribution in [2.24, 2.45) is 0 Å². The molecule has 2 N–H and O–H groups in total. The Kier molecular flexibility index (Phi) is 1.80. The first-order chi connectivity index (χ1) is 6.58. The molecule has 0 aliphatic rings. The number of rotatable bonds is 0. The first-order valence-corrected chi connectivity index (χ1v) is 3.97. The van der Waals surface area contributed by atoms with Gasteiger partial charge in [-0.15, -0.1) is 0 Å². The molecule has 2 rings (SSSR count). The van der Waals surface area contributed by atoms with E-state index in [0.29, 0.717) is 16.7 Å². The van der Waals surface area contributed by atoms with Crippen LogP contribution in [0, 0.1) is 18.6 Å². The number of nitrogens with zero attached hydrogens (tertiary/aromatic N) is 2. The van der Waals surface area contributed by atoms with Crippen LogP contribution in [-0.2, 0) is 0 Å². The molecule has 14 heavy (non-hydrogen) atoms. The molecule has 0 radical (unpaired) electrons. The molecule has 0 amide bonds. The molecule has 0 bridgehead atoms. The van der Waals surface area contributed by atoms with Crippen LogP contribution < -0.4 is 5.73 Å². The molecule has 3 nitrogen and oxygen atoms in total. The van der Waals surface area contributed by atoms with Crippen molar-refractivity contribution in [3.05, 3.63) is 29.6 Å². The maximum absolute atomic E-state index is 12.8. The van der Waals surface area contributed by atoms with Crippen molar-refractivity contribution in [2.45, 2.75) is 6.92 Å². The molecule has 0 atom stereocenters. The maximum atomic E-state index is 12.8. The Morgan fingerprint density at radius 1 is 1.14 bits per heavy atom. The number of aryl methyl sites for hydroxylation is 1. The van der Waals surface area contributed by atoms with Crippen molar-refractivity contribution in [1.82, 2.24) is 9.97 Å². The van der Waals surface area contributed by atoms with Crippen molar-refractivity contribution in [2.75, 3.05) is 5.73 Å². The van der Waals surface area contributed by atoms with Crippen LogP contribution in [0.3, 0.4) is 0 Å². The van der Waals surface area contributed by atoms with Crippen molar-refractivity contribution in [3.63, 3.8) is 0 Å². The summed E-state index contributed by atoms with van der Waals surface area (Å²) in [5.41, 5.74) is 5.85. The van der Waals surface area contributed by atoms with Gasteiger partial charge in [-0.1, -0.05) is 0 Å². The number of benzene rings is 1. The van der Waals surface area contributed by atoms with Gasteiger partial charge in [0, 0.05) is 11.5 Å². The van der Waals surface area contributed by atoms with E-state index in [1.54, 1.807) is 6.92 Å². The summed E-state index contributed by atoms with van der Waals surface area (Å²) < 4.78 is 25.7. The van der Waals surface area contributed by atoms with Gasteiger partial charge in [0.15, 0.2) is 11.6 Å². The van der Waals surface area contributed by atoms with Gasteiger partial charge in [0.1, 0.15) is 11.6 Å². The van der Waals surface area contributed by atoms with E-state index in [0.717, 1.165) is 12.1 Å². The predicted molar refractivity (Wildman–Crippen MR) is 48.6 cm³/mol. The molecule has 0 aliphatic carbocycles. The Hall–Kier alpha value is -1.78. The number of nitrogen functional groups attached to an aromatic ring is 1. The van der Waals surface area contributed by atoms with Crippen molar-refractivity contribution in [3.8, 4) is 0 Å². The summed E-state index contributed by atoms with van der Waals surface area (Å²) in [6.07, 6.45) is 0. The lowest BCUT2D eigenvalue weighted by Crippen LogP contribution is -1.98. The molecular formula is C9H7F2N3. The summed E-state index contributed by atoms with van der Waals surface area (Å²) in [6.45, 7) is 1.64. The lowest BCUT2D eigenvalue weighted by atomic mass is 10.2. The normalized spacial score (nSPS) is 10.8. The van der Waals surface area contributed by atoms with Crippen LogP contribution >= 0.6 is 0 Å². The van der Waals surface area contributed by atoms with Gasteiger partial charge in [-0.2, -0.15) is 0 Å². The van der Waals surface area contributed by atoms with E-state index in [1.165, 1.54) is 0 Å². The van der Waals surface area contributed by atoms with Crippen LogP contribution in [0.15, 0.2) is 12.1 Å². The summed E-state index contributed by atoms with van der Waals surface area (Å²) >= 11 is 0. The number of nitrogens with two attached hydrogens (primary N) is 1. The molecular weight excluding hydrogens is 188 g/mol. The summed E-state index contributed by atoms with van der Waals surface area (Å²) in [5, 5.41) is 0.328. The average Bonchev–Trinajstić information content (AvgIpc) is 2.08. The Balaban J connectivity index is 2.89. The van der Waals surface area contributed by atoms with Gasteiger partial charge in [0.2, 0.25) is 0 Å². The predicted octanol–water partition coefficient (Wildman–Crippen LogP) is 1.80. The molecule has 1 aromatic carbocycles. The summed E-state index contributed by atoms with van der Waals surface area (Å²) in [7, 11) is 0. The average molecular weight is 195 g/mol. The zero-order chi connectivity index (χ0) is 10.3. The second kappa shape index (κ2) is 2.87. The second-order valence-corrected chi connectivity index (χ2v) is 2.94. The van der Waals surface area contributed by atoms with E-state index in [-0.39, 0.29) is 5.82 Å². The number of aromatic nitrogens is 2. The number of fused-ring (bicyclic) bond motifs is 1. The lowest BCUT2D eigenvalue weighted by Gasteiger charge is -2.02. The number of anilines is 1. The van der Waals surface area contributed by atoms with Crippen LogP contribution in [0.2, 0.25) is 0 Å². The molecule has 1 heterocycles. The highest BCUT2D eigenvalue weighted by Gasteiger charge is 2.08. The van der Waals surface area contributed by atoms with Crippen LogP contribution in [0.1, 0.15) is 5.82 Å². The first-order valence-electron chi connectivity index (χ1n) is 3.97. The highest BCUT2D eigenvalue weighted by atomic mass is 19.2. The monoisotopic (exact) mass is 195 g/mol. The second-order valence-electron chi connectivity index (χ2n) is 2.94. The molecule has 0 saturated heterocycles. The van der Waals surface area contributed by atoms with Gasteiger partial charge >= 0.3 is 0 Å². The van der Waals surface area contributed by atoms with E-state index in [2.05, 4.69) is 9.97 Å². The van der Waals surface area contributed by atoms with Gasteiger partial charge in [-0.05, 0) is 13.0 Å². The summed E-state index contributed by atoms with van der Waals surface area (Å²) in [5.74, 6) is -1.29. The minimum absolute atomic E-state index is 0.159. The van der Waals surface area contributed by atoms with Gasteiger partial charge in [-0.3, -0.25) is 0 Å². The Morgan fingerprint density at radius 3 is 2.50 bits per heavy atom. The topological polar surface area (TPSA) is 51.8 Å². The van der Waals surface area contributed by atoms with Gasteiger partial charge < -0.3 is 5.73 Å². The molecule has 0 unspecified atom stereocenters.